The minimum atomic E-state index is 0.561. The standard InChI is InChI=1S/C7H14N2S/c8-7(10)5-6-3-1-2-4-9-6/h6,9H,1-5H2,(H2,8,10). The van der Waals surface area contributed by atoms with Crippen molar-refractivity contribution in [3.8, 4) is 0 Å². The Morgan fingerprint density at radius 2 is 2.40 bits per heavy atom. The van der Waals surface area contributed by atoms with Gasteiger partial charge in [0.2, 0.25) is 0 Å². The minimum absolute atomic E-state index is 0.561. The minimum Gasteiger partial charge on any atom is -0.393 e. The Morgan fingerprint density at radius 3 is 2.90 bits per heavy atom. The first-order valence-electron chi connectivity index (χ1n) is 3.81. The molecule has 58 valence electrons. The maximum Gasteiger partial charge on any atom is 0.0742 e. The van der Waals surface area contributed by atoms with E-state index >= 15 is 0 Å². The summed E-state index contributed by atoms with van der Waals surface area (Å²) in [6, 6.07) is 0.561. The highest BCUT2D eigenvalue weighted by Gasteiger charge is 2.12. The van der Waals surface area contributed by atoms with Gasteiger partial charge in [-0.15, -0.1) is 0 Å². The van der Waals surface area contributed by atoms with E-state index in [0.29, 0.717) is 11.0 Å². The Bertz CT molecular complexity index is 119. The average molecular weight is 158 g/mol. The summed E-state index contributed by atoms with van der Waals surface area (Å²) in [6.07, 6.45) is 4.72. The van der Waals surface area contributed by atoms with E-state index in [4.69, 9.17) is 18.0 Å². The van der Waals surface area contributed by atoms with Crippen LogP contribution in [0.5, 0.6) is 0 Å². The van der Waals surface area contributed by atoms with Crippen LogP contribution in [-0.4, -0.2) is 17.6 Å². The third-order valence-electron chi connectivity index (χ3n) is 1.86. The summed E-state index contributed by atoms with van der Waals surface area (Å²) in [5.41, 5.74) is 5.41. The molecule has 0 aromatic heterocycles. The van der Waals surface area contributed by atoms with E-state index in [0.717, 1.165) is 13.0 Å². The lowest BCUT2D eigenvalue weighted by atomic mass is 10.0. The van der Waals surface area contributed by atoms with Crippen molar-refractivity contribution in [3.05, 3.63) is 0 Å². The first kappa shape index (κ1) is 7.95. The molecule has 0 bridgehead atoms. The zero-order chi connectivity index (χ0) is 7.40. The molecule has 3 N–H and O–H groups in total. The Labute approximate surface area is 67.2 Å². The van der Waals surface area contributed by atoms with Gasteiger partial charge >= 0.3 is 0 Å². The van der Waals surface area contributed by atoms with E-state index in [1.807, 2.05) is 0 Å². The molecule has 1 unspecified atom stereocenters. The van der Waals surface area contributed by atoms with Crippen LogP contribution >= 0.6 is 12.2 Å². The molecule has 3 heteroatoms. The number of rotatable bonds is 2. The molecule has 1 aliphatic heterocycles. The molecule has 1 fully saturated rings. The van der Waals surface area contributed by atoms with Crippen molar-refractivity contribution >= 4 is 17.2 Å². The molecule has 1 heterocycles. The van der Waals surface area contributed by atoms with Crippen LogP contribution in [0.1, 0.15) is 25.7 Å². The molecule has 0 amide bonds. The van der Waals surface area contributed by atoms with Gasteiger partial charge in [0.05, 0.1) is 4.99 Å². The van der Waals surface area contributed by atoms with Crippen LogP contribution in [0.15, 0.2) is 0 Å². The highest BCUT2D eigenvalue weighted by molar-refractivity contribution is 7.80. The average Bonchev–Trinajstić information content (AvgIpc) is 1.88. The van der Waals surface area contributed by atoms with Crippen molar-refractivity contribution in [3.63, 3.8) is 0 Å². The second-order valence-electron chi connectivity index (χ2n) is 2.82. The topological polar surface area (TPSA) is 38.0 Å². The Kier molecular flexibility index (Phi) is 3.09. The molecule has 1 atom stereocenters. The van der Waals surface area contributed by atoms with Crippen molar-refractivity contribution in [1.29, 1.82) is 0 Å². The van der Waals surface area contributed by atoms with E-state index in [1.54, 1.807) is 0 Å². The van der Waals surface area contributed by atoms with Gasteiger partial charge < -0.3 is 11.1 Å². The highest BCUT2D eigenvalue weighted by Crippen LogP contribution is 2.09. The maximum atomic E-state index is 5.41. The molecule has 0 aromatic carbocycles. The van der Waals surface area contributed by atoms with Crippen LogP contribution in [0.4, 0.5) is 0 Å². The number of thiocarbonyl (C=S) groups is 1. The fraction of sp³-hybridized carbons (Fsp3) is 0.857. The second kappa shape index (κ2) is 3.88. The van der Waals surface area contributed by atoms with Crippen LogP contribution in [-0.2, 0) is 0 Å². The molecular formula is C7H14N2S. The van der Waals surface area contributed by atoms with Crippen LogP contribution in [0.2, 0.25) is 0 Å². The second-order valence-corrected chi connectivity index (χ2v) is 3.34. The molecule has 0 radical (unpaired) electrons. The van der Waals surface area contributed by atoms with Gasteiger partial charge in [0, 0.05) is 12.5 Å². The summed E-state index contributed by atoms with van der Waals surface area (Å²) in [6.45, 7) is 1.13. The summed E-state index contributed by atoms with van der Waals surface area (Å²) >= 11 is 4.81. The largest absolute Gasteiger partial charge is 0.393 e. The molecule has 10 heavy (non-hydrogen) atoms. The molecule has 1 rings (SSSR count). The molecule has 0 spiro atoms. The number of hydrogen-bond acceptors (Lipinski definition) is 2. The fourth-order valence-electron chi connectivity index (χ4n) is 1.34. The van der Waals surface area contributed by atoms with Crippen molar-refractivity contribution in [1.82, 2.24) is 5.32 Å². The van der Waals surface area contributed by atoms with E-state index in [2.05, 4.69) is 5.32 Å². The van der Waals surface area contributed by atoms with Crippen LogP contribution < -0.4 is 11.1 Å². The first-order chi connectivity index (χ1) is 4.79. The summed E-state index contributed by atoms with van der Waals surface area (Å²) in [7, 11) is 0. The smallest absolute Gasteiger partial charge is 0.0742 e. The van der Waals surface area contributed by atoms with Crippen molar-refractivity contribution in [2.24, 2.45) is 5.73 Å². The fourth-order valence-corrected chi connectivity index (χ4v) is 1.54. The van der Waals surface area contributed by atoms with Gasteiger partial charge in [-0.25, -0.2) is 0 Å². The maximum absolute atomic E-state index is 5.41. The Balaban J connectivity index is 2.19. The molecule has 1 aliphatic rings. The predicted molar refractivity (Wildman–Crippen MR) is 47.0 cm³/mol. The lowest BCUT2D eigenvalue weighted by molar-refractivity contribution is 0.410. The Hall–Kier alpha value is -0.150. The summed E-state index contributed by atoms with van der Waals surface area (Å²) in [5.74, 6) is 0. The van der Waals surface area contributed by atoms with E-state index in [1.165, 1.54) is 19.3 Å². The number of piperidine rings is 1. The third kappa shape index (κ3) is 2.62. The molecule has 0 aromatic rings. The van der Waals surface area contributed by atoms with Gasteiger partial charge in [-0.2, -0.15) is 0 Å². The van der Waals surface area contributed by atoms with Crippen molar-refractivity contribution < 1.29 is 0 Å². The normalized spacial score (nSPS) is 26.2. The summed E-state index contributed by atoms with van der Waals surface area (Å²) < 4.78 is 0. The van der Waals surface area contributed by atoms with Gasteiger partial charge in [-0.05, 0) is 19.4 Å². The number of nitrogens with one attached hydrogen (secondary N) is 1. The quantitative estimate of drug-likeness (QED) is 0.584. The van der Waals surface area contributed by atoms with E-state index in [9.17, 15) is 0 Å². The van der Waals surface area contributed by atoms with Gasteiger partial charge in [0.25, 0.3) is 0 Å². The summed E-state index contributed by atoms with van der Waals surface area (Å²) in [5, 5.41) is 3.38. The van der Waals surface area contributed by atoms with Crippen molar-refractivity contribution in [2.75, 3.05) is 6.54 Å². The highest BCUT2D eigenvalue weighted by atomic mass is 32.1. The van der Waals surface area contributed by atoms with Gasteiger partial charge in [-0.1, -0.05) is 18.6 Å². The number of nitrogens with two attached hydrogens (primary N) is 1. The number of hydrogen-bond donors (Lipinski definition) is 2. The molecule has 0 saturated carbocycles. The van der Waals surface area contributed by atoms with E-state index in [-0.39, 0.29) is 0 Å². The third-order valence-corrected chi connectivity index (χ3v) is 2.03. The first-order valence-corrected chi connectivity index (χ1v) is 4.21. The molecule has 0 aliphatic carbocycles. The Morgan fingerprint density at radius 1 is 1.60 bits per heavy atom. The molecule has 2 nitrogen and oxygen atoms in total. The van der Waals surface area contributed by atoms with Crippen molar-refractivity contribution in [2.45, 2.75) is 31.7 Å². The zero-order valence-electron chi connectivity index (χ0n) is 6.10. The van der Waals surface area contributed by atoms with E-state index < -0.39 is 0 Å². The zero-order valence-corrected chi connectivity index (χ0v) is 6.91. The lowest BCUT2D eigenvalue weighted by Gasteiger charge is -2.22. The van der Waals surface area contributed by atoms with Gasteiger partial charge in [0.1, 0.15) is 0 Å². The lowest BCUT2D eigenvalue weighted by Crippen LogP contribution is -2.36. The van der Waals surface area contributed by atoms with Gasteiger partial charge in [0.15, 0.2) is 0 Å². The van der Waals surface area contributed by atoms with Crippen LogP contribution in [0, 0.1) is 0 Å². The molecule has 1 saturated heterocycles. The van der Waals surface area contributed by atoms with Gasteiger partial charge in [-0.3, -0.25) is 0 Å². The summed E-state index contributed by atoms with van der Waals surface area (Å²) in [4.78, 5) is 0.638. The molecular weight excluding hydrogens is 144 g/mol. The van der Waals surface area contributed by atoms with Crippen LogP contribution in [0.25, 0.3) is 0 Å². The van der Waals surface area contributed by atoms with Crippen LogP contribution in [0.3, 0.4) is 0 Å². The predicted octanol–water partition coefficient (Wildman–Crippen LogP) is 0.805. The SMILES string of the molecule is NC(=S)CC1CCCCN1. The monoisotopic (exact) mass is 158 g/mol.